The minimum Gasteiger partial charge on any atom is -0.381 e. The van der Waals surface area contributed by atoms with Gasteiger partial charge in [-0.1, -0.05) is 30.3 Å². The van der Waals surface area contributed by atoms with Gasteiger partial charge in [-0.2, -0.15) is 0 Å². The minimum atomic E-state index is 0.0875. The van der Waals surface area contributed by atoms with E-state index in [1.165, 1.54) is 5.56 Å². The van der Waals surface area contributed by atoms with Crippen molar-refractivity contribution in [3.63, 3.8) is 0 Å². The molecule has 0 aromatic heterocycles. The number of likely N-dealkylation sites (tertiary alicyclic amines) is 1. The third-order valence-electron chi connectivity index (χ3n) is 4.09. The Labute approximate surface area is 127 Å². The fourth-order valence-electron chi connectivity index (χ4n) is 2.94. The van der Waals surface area contributed by atoms with Crippen LogP contribution in [0.25, 0.3) is 0 Å². The molecular weight excluding hydrogens is 266 g/mol. The van der Waals surface area contributed by atoms with Crippen LogP contribution in [-0.2, 0) is 20.7 Å². The summed E-state index contributed by atoms with van der Waals surface area (Å²) < 4.78 is 10.8. The number of hydrogen-bond acceptors (Lipinski definition) is 3. The molecule has 0 spiro atoms. The lowest BCUT2D eigenvalue weighted by Crippen LogP contribution is -2.48. The number of ether oxygens (including phenoxy) is 2. The normalized spacial score (nSPS) is 22.3. The molecule has 0 radical (unpaired) electrons. The molecule has 1 aliphatic rings. The second-order valence-electron chi connectivity index (χ2n) is 5.49. The molecule has 2 rings (SSSR count). The predicted octanol–water partition coefficient (Wildman–Crippen LogP) is 2.13. The van der Waals surface area contributed by atoms with Crippen LogP contribution >= 0.6 is 0 Å². The van der Waals surface area contributed by atoms with E-state index in [-0.39, 0.29) is 18.6 Å². The van der Waals surface area contributed by atoms with Crippen LogP contribution < -0.4 is 0 Å². The summed E-state index contributed by atoms with van der Waals surface area (Å²) in [6.45, 7) is 4.18. The summed E-state index contributed by atoms with van der Waals surface area (Å²) in [4.78, 5) is 14.0. The summed E-state index contributed by atoms with van der Waals surface area (Å²) in [5, 5.41) is 0. The summed E-state index contributed by atoms with van der Waals surface area (Å²) in [6, 6.07) is 10.4. The van der Waals surface area contributed by atoms with Crippen LogP contribution in [0.5, 0.6) is 0 Å². The van der Waals surface area contributed by atoms with Gasteiger partial charge in [-0.05, 0) is 25.3 Å². The number of amides is 1. The Bertz CT molecular complexity index is 435. The molecule has 116 valence electrons. The molecule has 4 heteroatoms. The van der Waals surface area contributed by atoms with Gasteiger partial charge in [-0.15, -0.1) is 0 Å². The van der Waals surface area contributed by atoms with E-state index in [2.05, 4.69) is 24.3 Å². The van der Waals surface area contributed by atoms with E-state index in [4.69, 9.17) is 9.47 Å². The molecule has 0 bridgehead atoms. The fraction of sp³-hybridized carbons (Fsp3) is 0.588. The van der Waals surface area contributed by atoms with E-state index in [0.29, 0.717) is 12.5 Å². The SMILES string of the molecule is CCOCC(=O)N1CC[C@@H](OC)[C@H](Cc2ccccc2)C1. The van der Waals surface area contributed by atoms with Crippen molar-refractivity contribution < 1.29 is 14.3 Å². The van der Waals surface area contributed by atoms with Crippen LogP contribution in [0.3, 0.4) is 0 Å². The first kappa shape index (κ1) is 16.0. The molecule has 1 fully saturated rings. The molecule has 1 aromatic rings. The van der Waals surface area contributed by atoms with Gasteiger partial charge < -0.3 is 14.4 Å². The van der Waals surface area contributed by atoms with Gasteiger partial charge in [0.05, 0.1) is 6.10 Å². The molecule has 1 aliphatic heterocycles. The molecule has 4 nitrogen and oxygen atoms in total. The van der Waals surface area contributed by atoms with Gasteiger partial charge in [0.25, 0.3) is 0 Å². The number of carbonyl (C=O) groups is 1. The summed E-state index contributed by atoms with van der Waals surface area (Å²) >= 11 is 0. The molecule has 21 heavy (non-hydrogen) atoms. The topological polar surface area (TPSA) is 38.8 Å². The lowest BCUT2D eigenvalue weighted by Gasteiger charge is -2.38. The monoisotopic (exact) mass is 291 g/mol. The maximum Gasteiger partial charge on any atom is 0.248 e. The van der Waals surface area contributed by atoms with E-state index in [1.807, 2.05) is 17.9 Å². The Morgan fingerprint density at radius 2 is 2.10 bits per heavy atom. The molecule has 0 aliphatic carbocycles. The fourth-order valence-corrected chi connectivity index (χ4v) is 2.94. The van der Waals surface area contributed by atoms with Gasteiger partial charge >= 0.3 is 0 Å². The van der Waals surface area contributed by atoms with Gasteiger partial charge in [0.1, 0.15) is 6.61 Å². The highest BCUT2D eigenvalue weighted by Crippen LogP contribution is 2.23. The van der Waals surface area contributed by atoms with Crippen molar-refractivity contribution in [2.75, 3.05) is 33.4 Å². The van der Waals surface area contributed by atoms with Crippen molar-refractivity contribution in [2.45, 2.75) is 25.9 Å². The maximum atomic E-state index is 12.1. The highest BCUT2D eigenvalue weighted by Gasteiger charge is 2.31. The van der Waals surface area contributed by atoms with E-state index < -0.39 is 0 Å². The number of rotatable bonds is 6. The molecule has 0 unspecified atom stereocenters. The van der Waals surface area contributed by atoms with E-state index in [0.717, 1.165) is 25.9 Å². The summed E-state index contributed by atoms with van der Waals surface area (Å²) in [6.07, 6.45) is 2.06. The van der Waals surface area contributed by atoms with Crippen LogP contribution in [0.1, 0.15) is 18.9 Å². The smallest absolute Gasteiger partial charge is 0.248 e. The van der Waals surface area contributed by atoms with Crippen molar-refractivity contribution in [1.82, 2.24) is 4.90 Å². The quantitative estimate of drug-likeness (QED) is 0.806. The largest absolute Gasteiger partial charge is 0.381 e. The standard InChI is InChI=1S/C17H25NO3/c1-3-21-13-17(19)18-10-9-16(20-2)15(12-18)11-14-7-5-4-6-8-14/h4-8,15-16H,3,9-13H2,1-2H3/t15-,16-/m1/s1. The van der Waals surface area contributed by atoms with Crippen molar-refractivity contribution in [3.05, 3.63) is 35.9 Å². The number of carbonyl (C=O) groups excluding carboxylic acids is 1. The number of nitrogens with zero attached hydrogens (tertiary/aromatic N) is 1. The zero-order chi connectivity index (χ0) is 15.1. The lowest BCUT2D eigenvalue weighted by molar-refractivity contribution is -0.140. The van der Waals surface area contributed by atoms with Gasteiger partial charge in [0.15, 0.2) is 0 Å². The minimum absolute atomic E-state index is 0.0875. The first-order valence-electron chi connectivity index (χ1n) is 7.66. The van der Waals surface area contributed by atoms with Crippen molar-refractivity contribution in [3.8, 4) is 0 Å². The summed E-state index contributed by atoms with van der Waals surface area (Å²) in [7, 11) is 1.76. The highest BCUT2D eigenvalue weighted by atomic mass is 16.5. The van der Waals surface area contributed by atoms with Crippen LogP contribution in [0.15, 0.2) is 30.3 Å². The summed E-state index contributed by atoms with van der Waals surface area (Å²) in [5.41, 5.74) is 1.30. The Kier molecular flexibility index (Phi) is 6.21. The predicted molar refractivity (Wildman–Crippen MR) is 82.1 cm³/mol. The zero-order valence-electron chi connectivity index (χ0n) is 13.0. The van der Waals surface area contributed by atoms with Crippen LogP contribution in [0.4, 0.5) is 0 Å². The maximum absolute atomic E-state index is 12.1. The first-order valence-corrected chi connectivity index (χ1v) is 7.66. The second-order valence-corrected chi connectivity index (χ2v) is 5.49. The number of methoxy groups -OCH3 is 1. The number of piperidine rings is 1. The second kappa shape index (κ2) is 8.15. The van der Waals surface area contributed by atoms with Crippen molar-refractivity contribution in [1.29, 1.82) is 0 Å². The molecule has 1 heterocycles. The first-order chi connectivity index (χ1) is 10.2. The third kappa shape index (κ3) is 4.55. The van der Waals surface area contributed by atoms with Crippen molar-refractivity contribution >= 4 is 5.91 Å². The van der Waals surface area contributed by atoms with E-state index in [9.17, 15) is 4.79 Å². The Hall–Kier alpha value is -1.39. The molecule has 1 saturated heterocycles. The molecule has 2 atom stereocenters. The molecule has 0 N–H and O–H groups in total. The molecular formula is C17H25NO3. The van der Waals surface area contributed by atoms with Crippen LogP contribution in [0.2, 0.25) is 0 Å². The highest BCUT2D eigenvalue weighted by molar-refractivity contribution is 5.77. The van der Waals surface area contributed by atoms with E-state index >= 15 is 0 Å². The van der Waals surface area contributed by atoms with Crippen molar-refractivity contribution in [2.24, 2.45) is 5.92 Å². The average Bonchev–Trinajstić information content (AvgIpc) is 2.53. The molecule has 0 saturated carbocycles. The zero-order valence-corrected chi connectivity index (χ0v) is 13.0. The average molecular weight is 291 g/mol. The van der Waals surface area contributed by atoms with Crippen LogP contribution in [-0.4, -0.2) is 50.3 Å². The Balaban J connectivity index is 1.97. The van der Waals surface area contributed by atoms with Gasteiger partial charge in [0.2, 0.25) is 5.91 Å². The number of hydrogen-bond donors (Lipinski definition) is 0. The van der Waals surface area contributed by atoms with E-state index in [1.54, 1.807) is 7.11 Å². The Morgan fingerprint density at radius 1 is 1.33 bits per heavy atom. The molecule has 1 amide bonds. The molecule has 1 aromatic carbocycles. The summed E-state index contributed by atoms with van der Waals surface area (Å²) in [5.74, 6) is 0.432. The lowest BCUT2D eigenvalue weighted by atomic mass is 9.88. The Morgan fingerprint density at radius 3 is 2.76 bits per heavy atom. The number of benzene rings is 1. The van der Waals surface area contributed by atoms with Gasteiger partial charge in [-0.25, -0.2) is 0 Å². The third-order valence-corrected chi connectivity index (χ3v) is 4.09. The van der Waals surface area contributed by atoms with Gasteiger partial charge in [-0.3, -0.25) is 4.79 Å². The van der Waals surface area contributed by atoms with Crippen LogP contribution in [0, 0.1) is 5.92 Å². The van der Waals surface area contributed by atoms with Gasteiger partial charge in [0, 0.05) is 32.7 Å².